The molecule has 0 saturated carbocycles. The largest absolute Gasteiger partial charge is 0.484 e. The van der Waals surface area contributed by atoms with Gasteiger partial charge in [0.1, 0.15) is 5.75 Å². The van der Waals surface area contributed by atoms with Crippen molar-refractivity contribution < 1.29 is 19.1 Å². The van der Waals surface area contributed by atoms with E-state index in [0.717, 1.165) is 44.6 Å². The highest BCUT2D eigenvalue weighted by molar-refractivity contribution is 5.95. The molecule has 0 bridgehead atoms. The number of hydrogen-bond donors (Lipinski definition) is 2. The Hall–Kier alpha value is -3.55. The van der Waals surface area contributed by atoms with E-state index in [2.05, 4.69) is 10.6 Å². The number of benzene rings is 2. The number of carbonyl (C=O) groups excluding carboxylic acids is 3. The maximum Gasteiger partial charge on any atom is 0.321 e. The van der Waals surface area contributed by atoms with E-state index < -0.39 is 0 Å². The van der Waals surface area contributed by atoms with Crippen LogP contribution in [0.2, 0.25) is 0 Å². The van der Waals surface area contributed by atoms with Crippen LogP contribution in [-0.4, -0.2) is 49.0 Å². The zero-order valence-electron chi connectivity index (χ0n) is 18.7. The Balaban J connectivity index is 1.22. The van der Waals surface area contributed by atoms with E-state index in [9.17, 15) is 14.4 Å². The normalized spacial score (nSPS) is 16.3. The second kappa shape index (κ2) is 10.8. The zero-order chi connectivity index (χ0) is 23.0. The van der Waals surface area contributed by atoms with Crippen LogP contribution in [0.4, 0.5) is 21.9 Å². The van der Waals surface area contributed by atoms with Crippen LogP contribution in [0.1, 0.15) is 38.5 Å². The molecule has 0 aromatic heterocycles. The minimum absolute atomic E-state index is 0.0813. The first kappa shape index (κ1) is 22.6. The molecule has 2 fully saturated rings. The Kier molecular flexibility index (Phi) is 7.44. The third-order valence-electron chi connectivity index (χ3n) is 5.90. The molecule has 0 spiro atoms. The second-order valence-electron chi connectivity index (χ2n) is 8.39. The van der Waals surface area contributed by atoms with Gasteiger partial charge in [0.15, 0.2) is 6.61 Å². The topological polar surface area (TPSA) is 91.0 Å². The monoisotopic (exact) mass is 450 g/mol. The first-order valence-corrected chi connectivity index (χ1v) is 11.6. The Morgan fingerprint density at radius 1 is 0.788 bits per heavy atom. The van der Waals surface area contributed by atoms with E-state index in [1.54, 1.807) is 41.3 Å². The van der Waals surface area contributed by atoms with E-state index >= 15 is 0 Å². The number of hydrogen-bond acceptors (Lipinski definition) is 4. The number of amides is 4. The van der Waals surface area contributed by atoms with Crippen molar-refractivity contribution in [3.63, 3.8) is 0 Å². The molecule has 2 aliphatic rings. The third-order valence-corrected chi connectivity index (χ3v) is 5.90. The quantitative estimate of drug-likeness (QED) is 0.689. The molecule has 2 aromatic carbocycles. The molecule has 8 heteroatoms. The summed E-state index contributed by atoms with van der Waals surface area (Å²) in [6.45, 7) is 2.19. The number of anilines is 3. The van der Waals surface area contributed by atoms with E-state index in [0.29, 0.717) is 23.5 Å². The van der Waals surface area contributed by atoms with Crippen LogP contribution in [-0.2, 0) is 9.59 Å². The Morgan fingerprint density at radius 2 is 1.42 bits per heavy atom. The molecule has 0 aliphatic carbocycles. The molecule has 8 nitrogen and oxygen atoms in total. The average Bonchev–Trinajstić information content (AvgIpc) is 3.07. The molecule has 2 aliphatic heterocycles. The van der Waals surface area contributed by atoms with Gasteiger partial charge in [-0.1, -0.05) is 12.8 Å². The SMILES string of the molecule is O=C(COc1ccc(N2CCCC2=O)cc1)Nc1ccc(NC(=O)N2CCCCCC2)cc1. The number of ether oxygens (including phenoxy) is 1. The predicted octanol–water partition coefficient (Wildman–Crippen LogP) is 4.24. The lowest BCUT2D eigenvalue weighted by Crippen LogP contribution is -2.35. The molecule has 2 N–H and O–H groups in total. The molecule has 4 amide bonds. The van der Waals surface area contributed by atoms with Crippen LogP contribution in [0.25, 0.3) is 0 Å². The summed E-state index contributed by atoms with van der Waals surface area (Å²) < 4.78 is 5.56. The fourth-order valence-corrected chi connectivity index (χ4v) is 4.10. The highest BCUT2D eigenvalue weighted by Gasteiger charge is 2.21. The van der Waals surface area contributed by atoms with Gasteiger partial charge in [-0.25, -0.2) is 4.79 Å². The van der Waals surface area contributed by atoms with Crippen LogP contribution in [0.15, 0.2) is 48.5 Å². The van der Waals surface area contributed by atoms with Crippen molar-refractivity contribution in [3.05, 3.63) is 48.5 Å². The Labute approximate surface area is 193 Å². The van der Waals surface area contributed by atoms with Crippen molar-refractivity contribution in [2.45, 2.75) is 38.5 Å². The van der Waals surface area contributed by atoms with Crippen LogP contribution in [0.5, 0.6) is 5.75 Å². The molecule has 2 saturated heterocycles. The van der Waals surface area contributed by atoms with Crippen LogP contribution < -0.4 is 20.3 Å². The lowest BCUT2D eigenvalue weighted by atomic mass is 10.2. The summed E-state index contributed by atoms with van der Waals surface area (Å²) in [5, 5.41) is 5.71. The van der Waals surface area contributed by atoms with E-state index in [4.69, 9.17) is 4.74 Å². The fraction of sp³-hybridized carbons (Fsp3) is 0.400. The van der Waals surface area contributed by atoms with Gasteiger partial charge in [-0.15, -0.1) is 0 Å². The smallest absolute Gasteiger partial charge is 0.321 e. The molecule has 0 radical (unpaired) electrons. The summed E-state index contributed by atoms with van der Waals surface area (Å²) >= 11 is 0. The summed E-state index contributed by atoms with van der Waals surface area (Å²) in [6, 6.07) is 14.1. The molecule has 0 unspecified atom stereocenters. The summed E-state index contributed by atoms with van der Waals surface area (Å²) in [6.07, 6.45) is 5.90. The van der Waals surface area contributed by atoms with Crippen molar-refractivity contribution in [2.24, 2.45) is 0 Å². The van der Waals surface area contributed by atoms with Gasteiger partial charge in [-0.2, -0.15) is 0 Å². The van der Waals surface area contributed by atoms with E-state index in [-0.39, 0.29) is 24.5 Å². The summed E-state index contributed by atoms with van der Waals surface area (Å²) in [5.41, 5.74) is 2.16. The molecule has 174 valence electrons. The fourth-order valence-electron chi connectivity index (χ4n) is 4.10. The van der Waals surface area contributed by atoms with Crippen molar-refractivity contribution >= 4 is 34.9 Å². The maximum atomic E-state index is 12.4. The van der Waals surface area contributed by atoms with Crippen LogP contribution >= 0.6 is 0 Å². The van der Waals surface area contributed by atoms with Gasteiger partial charge in [-0.05, 0) is 67.8 Å². The van der Waals surface area contributed by atoms with Crippen molar-refractivity contribution in [2.75, 3.05) is 41.8 Å². The molecule has 2 aromatic rings. The molecular formula is C25H30N4O4. The van der Waals surface area contributed by atoms with Crippen LogP contribution in [0, 0.1) is 0 Å². The standard InChI is InChI=1S/C25H30N4O4/c30-23(18-33-22-13-11-21(12-14-22)29-17-5-6-24(29)31)26-19-7-9-20(10-8-19)27-25(32)28-15-3-1-2-4-16-28/h7-14H,1-6,15-18H2,(H,26,30)(H,27,32). The molecule has 0 atom stereocenters. The van der Waals surface area contributed by atoms with Gasteiger partial charge in [0.05, 0.1) is 0 Å². The van der Waals surface area contributed by atoms with Crippen molar-refractivity contribution in [1.82, 2.24) is 4.90 Å². The highest BCUT2D eigenvalue weighted by atomic mass is 16.5. The molecule has 33 heavy (non-hydrogen) atoms. The van der Waals surface area contributed by atoms with Gasteiger partial charge in [0.25, 0.3) is 5.91 Å². The van der Waals surface area contributed by atoms with Gasteiger partial charge in [0.2, 0.25) is 5.91 Å². The average molecular weight is 451 g/mol. The third kappa shape index (κ3) is 6.25. The first-order valence-electron chi connectivity index (χ1n) is 11.6. The lowest BCUT2D eigenvalue weighted by molar-refractivity contribution is -0.118. The van der Waals surface area contributed by atoms with Gasteiger partial charge < -0.3 is 25.2 Å². The predicted molar refractivity (Wildman–Crippen MR) is 128 cm³/mol. The van der Waals surface area contributed by atoms with Crippen LogP contribution in [0.3, 0.4) is 0 Å². The number of carbonyl (C=O) groups is 3. The minimum Gasteiger partial charge on any atom is -0.484 e. The number of nitrogens with zero attached hydrogens (tertiary/aromatic N) is 2. The summed E-state index contributed by atoms with van der Waals surface area (Å²) in [4.78, 5) is 40.1. The first-order chi connectivity index (χ1) is 16.1. The number of rotatable bonds is 6. The zero-order valence-corrected chi connectivity index (χ0v) is 18.7. The Bertz CT molecular complexity index is 967. The maximum absolute atomic E-state index is 12.4. The van der Waals surface area contributed by atoms with Gasteiger partial charge in [-0.3, -0.25) is 9.59 Å². The molecule has 4 rings (SSSR count). The van der Waals surface area contributed by atoms with Gasteiger partial charge in [0, 0.05) is 43.1 Å². The Morgan fingerprint density at radius 3 is 2.03 bits per heavy atom. The number of likely N-dealkylation sites (tertiary alicyclic amines) is 1. The van der Waals surface area contributed by atoms with Gasteiger partial charge >= 0.3 is 6.03 Å². The van der Waals surface area contributed by atoms with E-state index in [1.807, 2.05) is 17.0 Å². The van der Waals surface area contributed by atoms with E-state index in [1.165, 1.54) is 12.8 Å². The lowest BCUT2D eigenvalue weighted by Gasteiger charge is -2.20. The minimum atomic E-state index is -0.282. The van der Waals surface area contributed by atoms with Crippen molar-refractivity contribution in [1.29, 1.82) is 0 Å². The summed E-state index contributed by atoms with van der Waals surface area (Å²) in [5.74, 6) is 0.415. The number of nitrogens with one attached hydrogen (secondary N) is 2. The van der Waals surface area contributed by atoms with Crippen molar-refractivity contribution in [3.8, 4) is 5.75 Å². The molecule has 2 heterocycles. The highest BCUT2D eigenvalue weighted by Crippen LogP contribution is 2.24. The number of urea groups is 1. The second-order valence-corrected chi connectivity index (χ2v) is 8.39. The molecular weight excluding hydrogens is 420 g/mol. The summed E-state index contributed by atoms with van der Waals surface area (Å²) in [7, 11) is 0.